The number of carbonyl (C=O) groups excluding carboxylic acids is 2. The Morgan fingerprint density at radius 2 is 1.71 bits per heavy atom. The molecule has 0 unspecified atom stereocenters. The molecule has 1 atom stereocenters. The molecular weight excluding hydrogens is 428 g/mol. The van der Waals surface area contributed by atoms with E-state index in [-0.39, 0.29) is 23.2 Å². The number of anilines is 1. The van der Waals surface area contributed by atoms with Gasteiger partial charge in [-0.05, 0) is 55.7 Å². The number of para-hydroxylation sites is 1. The highest BCUT2D eigenvalue weighted by Crippen LogP contribution is 2.27. The molecule has 0 aromatic heterocycles. The number of sulfonamides is 1. The predicted molar refractivity (Wildman–Crippen MR) is 111 cm³/mol. The molecule has 2 amide bonds. The van der Waals surface area contributed by atoms with Crippen LogP contribution in [0.1, 0.15) is 25.7 Å². The van der Waals surface area contributed by atoms with E-state index in [1.807, 2.05) is 0 Å². The minimum atomic E-state index is -3.81. The van der Waals surface area contributed by atoms with Gasteiger partial charge in [0.15, 0.2) is 0 Å². The minimum absolute atomic E-state index is 0.00843. The van der Waals surface area contributed by atoms with Crippen molar-refractivity contribution in [1.82, 2.24) is 9.62 Å². The zero-order valence-electron chi connectivity index (χ0n) is 16.7. The first-order chi connectivity index (χ1) is 14.8. The molecule has 7 nitrogen and oxygen atoms in total. The summed E-state index contributed by atoms with van der Waals surface area (Å²) in [6.45, 7) is 0.399. The Morgan fingerprint density at radius 3 is 2.42 bits per heavy atom. The van der Waals surface area contributed by atoms with Gasteiger partial charge in [0.05, 0.1) is 10.6 Å². The Labute approximate surface area is 179 Å². The summed E-state index contributed by atoms with van der Waals surface area (Å²) in [5, 5.41) is 4.64. The molecule has 10 heteroatoms. The second-order valence-electron chi connectivity index (χ2n) is 7.20. The van der Waals surface area contributed by atoms with E-state index in [1.54, 1.807) is 0 Å². The van der Waals surface area contributed by atoms with E-state index in [0.29, 0.717) is 25.8 Å². The number of halogens is 2. The van der Waals surface area contributed by atoms with E-state index in [2.05, 4.69) is 10.6 Å². The van der Waals surface area contributed by atoms with Crippen LogP contribution in [-0.4, -0.2) is 43.7 Å². The van der Waals surface area contributed by atoms with Crippen molar-refractivity contribution >= 4 is 27.5 Å². The van der Waals surface area contributed by atoms with Crippen molar-refractivity contribution in [2.45, 2.75) is 36.6 Å². The van der Waals surface area contributed by atoms with Gasteiger partial charge in [-0.2, -0.15) is 4.31 Å². The maximum absolute atomic E-state index is 13.6. The third kappa shape index (κ3) is 5.65. The van der Waals surface area contributed by atoms with Crippen LogP contribution in [0.5, 0.6) is 0 Å². The molecule has 0 bridgehead atoms. The molecule has 1 heterocycles. The van der Waals surface area contributed by atoms with Gasteiger partial charge >= 0.3 is 11.8 Å². The van der Waals surface area contributed by atoms with Gasteiger partial charge in [-0.15, -0.1) is 0 Å². The molecule has 1 saturated heterocycles. The number of amides is 2. The Morgan fingerprint density at radius 1 is 1.00 bits per heavy atom. The number of piperidine rings is 1. The Kier molecular flexibility index (Phi) is 7.34. The van der Waals surface area contributed by atoms with Gasteiger partial charge in [0.1, 0.15) is 11.6 Å². The molecular formula is C21H23F2N3O4S. The molecule has 0 saturated carbocycles. The molecule has 0 radical (unpaired) electrons. The minimum Gasteiger partial charge on any atom is -0.348 e. The van der Waals surface area contributed by atoms with E-state index in [0.717, 1.165) is 24.6 Å². The van der Waals surface area contributed by atoms with Gasteiger partial charge in [0.25, 0.3) is 0 Å². The lowest BCUT2D eigenvalue weighted by Crippen LogP contribution is -2.45. The van der Waals surface area contributed by atoms with Crippen molar-refractivity contribution < 1.29 is 26.8 Å². The van der Waals surface area contributed by atoms with Gasteiger partial charge in [-0.25, -0.2) is 17.2 Å². The number of hydrogen-bond donors (Lipinski definition) is 2. The summed E-state index contributed by atoms with van der Waals surface area (Å²) in [6, 6.07) is 9.76. The summed E-state index contributed by atoms with van der Waals surface area (Å²) in [5.74, 6) is -3.13. The Bertz CT molecular complexity index is 1040. The topological polar surface area (TPSA) is 95.6 Å². The van der Waals surface area contributed by atoms with Crippen molar-refractivity contribution in [2.75, 3.05) is 18.4 Å². The number of benzene rings is 2. The summed E-state index contributed by atoms with van der Waals surface area (Å²) >= 11 is 0. The van der Waals surface area contributed by atoms with E-state index in [4.69, 9.17) is 0 Å². The van der Waals surface area contributed by atoms with Gasteiger partial charge in [-0.3, -0.25) is 9.59 Å². The third-order valence-electron chi connectivity index (χ3n) is 5.08. The summed E-state index contributed by atoms with van der Waals surface area (Å²) in [5.41, 5.74) is -0.105. The summed E-state index contributed by atoms with van der Waals surface area (Å²) in [6.07, 6.45) is 2.45. The van der Waals surface area contributed by atoms with E-state index in [1.165, 1.54) is 34.6 Å². The highest BCUT2D eigenvalue weighted by atomic mass is 32.2. The number of nitrogens with zero attached hydrogens (tertiary/aromatic N) is 1. The molecule has 3 rings (SSSR count). The van der Waals surface area contributed by atoms with Gasteiger partial charge < -0.3 is 10.6 Å². The maximum atomic E-state index is 13.6. The Balaban J connectivity index is 1.58. The van der Waals surface area contributed by atoms with Crippen molar-refractivity contribution in [3.05, 3.63) is 60.2 Å². The molecule has 31 heavy (non-hydrogen) atoms. The van der Waals surface area contributed by atoms with Crippen molar-refractivity contribution in [3.63, 3.8) is 0 Å². The lowest BCUT2D eigenvalue weighted by Gasteiger charge is -2.34. The summed E-state index contributed by atoms with van der Waals surface area (Å²) in [4.78, 5) is 24.0. The molecule has 0 spiro atoms. The smallest absolute Gasteiger partial charge is 0.313 e. The van der Waals surface area contributed by atoms with Gasteiger partial charge in [0.2, 0.25) is 10.0 Å². The zero-order chi connectivity index (χ0) is 22.4. The summed E-state index contributed by atoms with van der Waals surface area (Å²) in [7, 11) is -3.81. The van der Waals surface area contributed by atoms with Crippen molar-refractivity contribution in [1.29, 1.82) is 0 Å². The fourth-order valence-electron chi connectivity index (χ4n) is 3.50. The Hall–Kier alpha value is -2.85. The van der Waals surface area contributed by atoms with Crippen molar-refractivity contribution in [2.24, 2.45) is 0 Å². The SMILES string of the molecule is O=C(NCC[C@@H]1CCCCN1S(=O)(=O)c1ccc(F)cc1)C(=O)Nc1ccccc1F. The number of rotatable bonds is 6. The van der Waals surface area contributed by atoms with Gasteiger partial charge in [0, 0.05) is 19.1 Å². The van der Waals surface area contributed by atoms with Crippen LogP contribution in [0, 0.1) is 11.6 Å². The van der Waals surface area contributed by atoms with Crippen LogP contribution >= 0.6 is 0 Å². The lowest BCUT2D eigenvalue weighted by molar-refractivity contribution is -0.136. The second kappa shape index (κ2) is 9.97. The van der Waals surface area contributed by atoms with Crippen LogP contribution in [0.25, 0.3) is 0 Å². The van der Waals surface area contributed by atoms with Crippen LogP contribution in [0.15, 0.2) is 53.4 Å². The fraction of sp³-hybridized carbons (Fsp3) is 0.333. The average molecular weight is 451 g/mol. The number of hydrogen-bond acceptors (Lipinski definition) is 4. The fourth-order valence-corrected chi connectivity index (χ4v) is 5.22. The van der Waals surface area contributed by atoms with E-state index >= 15 is 0 Å². The first kappa shape index (κ1) is 22.8. The van der Waals surface area contributed by atoms with Crippen molar-refractivity contribution in [3.8, 4) is 0 Å². The first-order valence-electron chi connectivity index (χ1n) is 9.90. The third-order valence-corrected chi connectivity index (χ3v) is 7.05. The lowest BCUT2D eigenvalue weighted by atomic mass is 10.0. The largest absolute Gasteiger partial charge is 0.348 e. The van der Waals surface area contributed by atoms with Crippen LogP contribution in [0.3, 0.4) is 0 Å². The number of carbonyl (C=O) groups is 2. The van der Waals surface area contributed by atoms with Crippen LogP contribution in [0.4, 0.5) is 14.5 Å². The molecule has 1 aliphatic rings. The van der Waals surface area contributed by atoms with E-state index in [9.17, 15) is 26.8 Å². The number of nitrogens with one attached hydrogen (secondary N) is 2. The average Bonchev–Trinajstić information content (AvgIpc) is 2.76. The standard InChI is InChI=1S/C21H23F2N3O4S/c22-15-8-10-17(11-9-15)31(29,30)26-14-4-3-5-16(26)12-13-24-20(27)21(28)25-19-7-2-1-6-18(19)23/h1-2,6-11,16H,3-5,12-14H2,(H,24,27)(H,25,28)/t16-/m0/s1. The van der Waals surface area contributed by atoms with E-state index < -0.39 is 33.5 Å². The quantitative estimate of drug-likeness (QED) is 0.660. The normalized spacial score (nSPS) is 17.2. The highest BCUT2D eigenvalue weighted by Gasteiger charge is 2.33. The first-order valence-corrected chi connectivity index (χ1v) is 11.3. The maximum Gasteiger partial charge on any atom is 0.313 e. The molecule has 2 aromatic rings. The van der Waals surface area contributed by atoms with Crippen LogP contribution < -0.4 is 10.6 Å². The molecule has 166 valence electrons. The monoisotopic (exact) mass is 451 g/mol. The zero-order valence-corrected chi connectivity index (χ0v) is 17.5. The molecule has 1 fully saturated rings. The highest BCUT2D eigenvalue weighted by molar-refractivity contribution is 7.89. The molecule has 0 aliphatic carbocycles. The second-order valence-corrected chi connectivity index (χ2v) is 9.09. The van der Waals surface area contributed by atoms with Crippen LogP contribution in [-0.2, 0) is 19.6 Å². The summed E-state index contributed by atoms with van der Waals surface area (Å²) < 4.78 is 54.1. The molecule has 2 aromatic carbocycles. The van der Waals surface area contributed by atoms with Crippen LogP contribution in [0.2, 0.25) is 0 Å². The molecule has 2 N–H and O–H groups in total. The predicted octanol–water partition coefficient (Wildman–Crippen LogP) is 2.65. The molecule has 1 aliphatic heterocycles. The van der Waals surface area contributed by atoms with Gasteiger partial charge in [-0.1, -0.05) is 18.6 Å².